The summed E-state index contributed by atoms with van der Waals surface area (Å²) in [5.41, 5.74) is -1.88. The Morgan fingerprint density at radius 3 is 2.18 bits per heavy atom. The SMILES string of the molecule is CCC/C(=C\c1cc(I)c(O)c(OC)c1)CC[C@@H](O)C1=C(COC)C[C@H]2C(=O)N(c3cc(C(F)(F)F)cc(C(F)(F)F)c3)C(=O)[C@H]2[C@H]1CO. The van der Waals surface area contributed by atoms with Crippen LogP contribution in [0.5, 0.6) is 11.5 Å². The summed E-state index contributed by atoms with van der Waals surface area (Å²) in [5.74, 6) is -5.49. The Bertz CT molecular complexity index is 1610. The highest BCUT2D eigenvalue weighted by atomic mass is 127. The first-order valence-electron chi connectivity index (χ1n) is 15.4. The number of aliphatic hydroxyl groups is 2. The molecule has 0 unspecified atom stereocenters. The molecule has 0 radical (unpaired) electrons. The number of carbonyl (C=O) groups excluding carboxylic acids is 2. The Labute approximate surface area is 292 Å². The zero-order chi connectivity index (χ0) is 36.4. The highest BCUT2D eigenvalue weighted by molar-refractivity contribution is 14.1. The van der Waals surface area contributed by atoms with Crippen LogP contribution in [0.1, 0.15) is 55.7 Å². The number of allylic oxidation sites excluding steroid dienone is 1. The smallest absolute Gasteiger partial charge is 0.416 e. The fraction of sp³-hybridized carbons (Fsp3) is 0.471. The van der Waals surface area contributed by atoms with E-state index >= 15 is 0 Å². The fourth-order valence-electron chi connectivity index (χ4n) is 6.72. The van der Waals surface area contributed by atoms with Crippen molar-refractivity contribution in [3.63, 3.8) is 0 Å². The van der Waals surface area contributed by atoms with Gasteiger partial charge in [0.2, 0.25) is 11.8 Å². The van der Waals surface area contributed by atoms with Crippen LogP contribution >= 0.6 is 22.6 Å². The summed E-state index contributed by atoms with van der Waals surface area (Å²) in [6.45, 7) is 1.15. The molecule has 15 heteroatoms. The second-order valence-electron chi connectivity index (χ2n) is 12.1. The number of amides is 2. The van der Waals surface area contributed by atoms with Gasteiger partial charge in [0.05, 0.1) is 58.6 Å². The maximum atomic E-state index is 13.8. The first kappa shape index (κ1) is 38.6. The number of carbonyl (C=O) groups is 2. The van der Waals surface area contributed by atoms with E-state index in [1.165, 1.54) is 14.2 Å². The van der Waals surface area contributed by atoms with Gasteiger partial charge in [-0.15, -0.1) is 0 Å². The predicted octanol–water partition coefficient (Wildman–Crippen LogP) is 7.13. The summed E-state index contributed by atoms with van der Waals surface area (Å²) in [6.07, 6.45) is -7.97. The van der Waals surface area contributed by atoms with E-state index in [2.05, 4.69) is 0 Å². The number of phenolic OH excluding ortho intramolecular Hbond substituents is 1. The molecular weight excluding hydrogens is 775 g/mol. The monoisotopic (exact) mass is 811 g/mol. The summed E-state index contributed by atoms with van der Waals surface area (Å²) < 4.78 is 92.8. The van der Waals surface area contributed by atoms with E-state index in [1.807, 2.05) is 35.6 Å². The average molecular weight is 812 g/mol. The summed E-state index contributed by atoms with van der Waals surface area (Å²) in [7, 11) is 2.79. The number of fused-ring (bicyclic) bond motifs is 1. The van der Waals surface area contributed by atoms with Gasteiger partial charge in [0.1, 0.15) is 0 Å². The fourth-order valence-corrected chi connectivity index (χ4v) is 7.35. The minimum atomic E-state index is -5.20. The van der Waals surface area contributed by atoms with Gasteiger partial charge in [-0.3, -0.25) is 9.59 Å². The molecule has 0 bridgehead atoms. The van der Waals surface area contributed by atoms with Crippen molar-refractivity contribution in [2.45, 2.75) is 57.5 Å². The number of aromatic hydroxyl groups is 1. The van der Waals surface area contributed by atoms with Crippen LogP contribution in [0.25, 0.3) is 6.08 Å². The van der Waals surface area contributed by atoms with Gasteiger partial charge in [0, 0.05) is 13.0 Å². The second kappa shape index (κ2) is 15.4. The zero-order valence-electron chi connectivity index (χ0n) is 26.8. The normalized spacial score (nSPS) is 21.0. The molecular formula is C34H36F6INO7. The van der Waals surface area contributed by atoms with Gasteiger partial charge >= 0.3 is 12.4 Å². The summed E-state index contributed by atoms with van der Waals surface area (Å²) in [6, 6.07) is 3.99. The molecule has 1 heterocycles. The quantitative estimate of drug-likeness (QED) is 0.0905. The van der Waals surface area contributed by atoms with E-state index in [4.69, 9.17) is 9.47 Å². The number of phenols is 1. The van der Waals surface area contributed by atoms with Crippen molar-refractivity contribution in [2.24, 2.45) is 17.8 Å². The van der Waals surface area contributed by atoms with E-state index < -0.39 is 71.4 Å². The number of ether oxygens (including phenoxy) is 2. The van der Waals surface area contributed by atoms with Crippen molar-refractivity contribution in [1.29, 1.82) is 0 Å². The highest BCUT2D eigenvalue weighted by Crippen LogP contribution is 2.48. The molecule has 3 N–H and O–H groups in total. The molecule has 0 aromatic heterocycles. The first-order chi connectivity index (χ1) is 23.0. The number of hydrogen-bond donors (Lipinski definition) is 3. The molecule has 2 aliphatic rings. The Kier molecular flexibility index (Phi) is 12.1. The van der Waals surface area contributed by atoms with Crippen LogP contribution in [-0.2, 0) is 26.7 Å². The molecule has 2 aromatic rings. The maximum absolute atomic E-state index is 13.8. The third-order valence-electron chi connectivity index (χ3n) is 8.84. The number of anilines is 1. The summed E-state index contributed by atoms with van der Waals surface area (Å²) in [4.78, 5) is 27.7. The number of hydrogen-bond acceptors (Lipinski definition) is 7. The molecule has 1 fully saturated rings. The van der Waals surface area contributed by atoms with Gasteiger partial charge < -0.3 is 24.8 Å². The summed E-state index contributed by atoms with van der Waals surface area (Å²) in [5, 5.41) is 32.3. The van der Waals surface area contributed by atoms with E-state index in [9.17, 15) is 51.3 Å². The van der Waals surface area contributed by atoms with Crippen molar-refractivity contribution in [3.8, 4) is 11.5 Å². The molecule has 4 rings (SSSR count). The maximum Gasteiger partial charge on any atom is 0.416 e. The van der Waals surface area contributed by atoms with Gasteiger partial charge in [-0.2, -0.15) is 26.3 Å². The molecule has 268 valence electrons. The summed E-state index contributed by atoms with van der Waals surface area (Å²) >= 11 is 1.98. The minimum Gasteiger partial charge on any atom is -0.504 e. The number of rotatable bonds is 12. The largest absolute Gasteiger partial charge is 0.504 e. The van der Waals surface area contributed by atoms with Crippen LogP contribution in [0.3, 0.4) is 0 Å². The van der Waals surface area contributed by atoms with Crippen LogP contribution in [0.4, 0.5) is 32.0 Å². The van der Waals surface area contributed by atoms with E-state index in [0.717, 1.165) is 17.6 Å². The van der Waals surface area contributed by atoms with Gasteiger partial charge in [-0.05, 0) is 95.3 Å². The standard InChI is InChI=1S/C34H36F6INO7/c1-4-5-17(8-18-9-25(41)30(45)27(10-18)49-3)6-7-26(44)28-19(16-48-2)11-23-29(24(28)15-43)32(47)42(31(23)46)22-13-20(33(35,36)37)12-21(14-22)34(38,39)40/h8-10,12-14,23-24,26,29,43-45H,4-7,11,15-16H2,1-3H3/b17-8+/t23-,24+,26-,29-/m1/s1. The van der Waals surface area contributed by atoms with Crippen LogP contribution < -0.4 is 9.64 Å². The number of halogens is 7. The van der Waals surface area contributed by atoms with E-state index in [1.54, 1.807) is 12.1 Å². The van der Waals surface area contributed by atoms with Crippen LogP contribution in [-0.4, -0.2) is 60.7 Å². The first-order valence-corrected chi connectivity index (χ1v) is 16.5. The molecule has 1 saturated heterocycles. The molecule has 0 saturated carbocycles. The number of imide groups is 1. The number of methoxy groups -OCH3 is 2. The molecule has 4 atom stereocenters. The Morgan fingerprint density at radius 1 is 1.02 bits per heavy atom. The second-order valence-corrected chi connectivity index (χ2v) is 13.2. The molecule has 8 nitrogen and oxygen atoms in total. The Hall–Kier alpha value is -3.15. The van der Waals surface area contributed by atoms with E-state index in [-0.39, 0.29) is 42.6 Å². The molecule has 2 aromatic carbocycles. The van der Waals surface area contributed by atoms with Crippen LogP contribution in [0, 0.1) is 21.3 Å². The third-order valence-corrected chi connectivity index (χ3v) is 9.66. The molecule has 1 aliphatic carbocycles. The number of aliphatic hydroxyl groups excluding tert-OH is 2. The predicted molar refractivity (Wildman–Crippen MR) is 176 cm³/mol. The Morgan fingerprint density at radius 2 is 1.65 bits per heavy atom. The molecule has 1 aliphatic heterocycles. The van der Waals surface area contributed by atoms with Gasteiger partial charge in [0.25, 0.3) is 0 Å². The van der Waals surface area contributed by atoms with Crippen LogP contribution in [0.15, 0.2) is 47.1 Å². The van der Waals surface area contributed by atoms with Crippen molar-refractivity contribution < 1.29 is 60.7 Å². The molecule has 49 heavy (non-hydrogen) atoms. The minimum absolute atomic E-state index is 0.00308. The van der Waals surface area contributed by atoms with Crippen molar-refractivity contribution in [2.75, 3.05) is 32.3 Å². The van der Waals surface area contributed by atoms with Crippen molar-refractivity contribution in [3.05, 3.63) is 67.3 Å². The molecule has 0 spiro atoms. The Balaban J connectivity index is 1.68. The average Bonchev–Trinajstić information content (AvgIpc) is 3.28. The van der Waals surface area contributed by atoms with Crippen LogP contribution in [0.2, 0.25) is 0 Å². The van der Waals surface area contributed by atoms with E-state index in [0.29, 0.717) is 39.0 Å². The van der Waals surface area contributed by atoms with Gasteiger partial charge in [-0.25, -0.2) is 4.90 Å². The lowest BCUT2D eigenvalue weighted by atomic mass is 9.68. The third kappa shape index (κ3) is 8.26. The van der Waals surface area contributed by atoms with Crippen molar-refractivity contribution in [1.82, 2.24) is 0 Å². The van der Waals surface area contributed by atoms with Gasteiger partial charge in [-0.1, -0.05) is 25.0 Å². The number of benzene rings is 2. The lowest BCUT2D eigenvalue weighted by molar-refractivity contribution is -0.143. The lowest BCUT2D eigenvalue weighted by Gasteiger charge is -2.36. The zero-order valence-corrected chi connectivity index (χ0v) is 28.9. The highest BCUT2D eigenvalue weighted by Gasteiger charge is 2.55. The van der Waals surface area contributed by atoms with Crippen molar-refractivity contribution >= 4 is 46.2 Å². The lowest BCUT2D eigenvalue weighted by Crippen LogP contribution is -2.39. The molecule has 2 amide bonds. The number of nitrogens with zero attached hydrogens (tertiary/aromatic N) is 1. The van der Waals surface area contributed by atoms with Gasteiger partial charge in [0.15, 0.2) is 11.5 Å². The topological polar surface area (TPSA) is 117 Å². The number of alkyl halides is 6.